The van der Waals surface area contributed by atoms with Crippen molar-refractivity contribution in [2.45, 2.75) is 51.0 Å². The summed E-state index contributed by atoms with van der Waals surface area (Å²) < 4.78 is 6.08. The second-order valence-corrected chi connectivity index (χ2v) is 5.93. The van der Waals surface area contributed by atoms with E-state index in [4.69, 9.17) is 4.74 Å². The molecule has 0 aliphatic heterocycles. The third kappa shape index (κ3) is 5.57. The molecule has 0 N–H and O–H groups in total. The molecule has 1 aliphatic rings. The van der Waals surface area contributed by atoms with Gasteiger partial charge in [0.2, 0.25) is 0 Å². The first-order valence-corrected chi connectivity index (χ1v) is 8.02. The van der Waals surface area contributed by atoms with Crippen LogP contribution < -0.4 is 0 Å². The predicted octanol–water partition coefficient (Wildman–Crippen LogP) is 4.12. The maximum atomic E-state index is 6.08. The van der Waals surface area contributed by atoms with E-state index in [2.05, 4.69) is 59.8 Å². The lowest BCUT2D eigenvalue weighted by atomic mass is 10.1. The first-order chi connectivity index (χ1) is 8.69. The van der Waals surface area contributed by atoms with Crippen LogP contribution in [0, 0.1) is 0 Å². The molecule has 0 amide bonds. The van der Waals surface area contributed by atoms with E-state index in [9.17, 15) is 0 Å². The number of hydrogen-bond acceptors (Lipinski definition) is 2. The van der Waals surface area contributed by atoms with Gasteiger partial charge in [-0.15, -0.1) is 0 Å². The first kappa shape index (κ1) is 15.8. The molecule has 0 spiro atoms. The van der Waals surface area contributed by atoms with Crippen LogP contribution >= 0.6 is 15.9 Å². The van der Waals surface area contributed by atoms with Crippen LogP contribution in [-0.2, 0) is 4.74 Å². The van der Waals surface area contributed by atoms with Gasteiger partial charge >= 0.3 is 0 Å². The monoisotopic (exact) mass is 315 g/mol. The highest BCUT2D eigenvalue weighted by Crippen LogP contribution is 2.19. The molecule has 0 aromatic rings. The number of rotatable bonds is 8. The smallest absolute Gasteiger partial charge is 0.115 e. The summed E-state index contributed by atoms with van der Waals surface area (Å²) in [5.41, 5.74) is 0. The van der Waals surface area contributed by atoms with Gasteiger partial charge in [-0.25, -0.2) is 0 Å². The average molecular weight is 316 g/mol. The van der Waals surface area contributed by atoms with Crippen molar-refractivity contribution in [2.24, 2.45) is 0 Å². The summed E-state index contributed by atoms with van der Waals surface area (Å²) in [6.45, 7) is 9.94. The van der Waals surface area contributed by atoms with Gasteiger partial charge in [-0.05, 0) is 44.5 Å². The maximum absolute atomic E-state index is 6.08. The Bertz CT molecular complexity index is 288. The van der Waals surface area contributed by atoms with E-state index < -0.39 is 0 Å². The molecule has 1 rings (SSSR count). The number of ether oxygens (including phenoxy) is 1. The highest BCUT2D eigenvalue weighted by molar-refractivity contribution is 9.09. The standard InChI is InChI=1S/C15H26BrNO/c1-4-11-17(6-3)12-14(5-2)18-15-9-7-13(16)8-10-15/h7,9-10,13-14H,4-6,8,11-12H2,1-3H3. The zero-order valence-electron chi connectivity index (χ0n) is 11.9. The van der Waals surface area contributed by atoms with Crippen molar-refractivity contribution in [1.29, 1.82) is 0 Å². The van der Waals surface area contributed by atoms with E-state index >= 15 is 0 Å². The van der Waals surface area contributed by atoms with E-state index in [1.807, 2.05) is 0 Å². The number of alkyl halides is 1. The molecule has 0 bridgehead atoms. The summed E-state index contributed by atoms with van der Waals surface area (Å²) in [5.74, 6) is 1.03. The Hall–Kier alpha value is -0.280. The Labute approximate surface area is 120 Å². The molecule has 0 aromatic heterocycles. The molecule has 2 nitrogen and oxygen atoms in total. The lowest BCUT2D eigenvalue weighted by Crippen LogP contribution is -2.34. The van der Waals surface area contributed by atoms with Crippen molar-refractivity contribution < 1.29 is 4.74 Å². The molecule has 104 valence electrons. The lowest BCUT2D eigenvalue weighted by molar-refractivity contribution is 0.0787. The van der Waals surface area contributed by atoms with Crippen molar-refractivity contribution >= 4 is 15.9 Å². The summed E-state index contributed by atoms with van der Waals surface area (Å²) in [6, 6.07) is 0. The number of halogens is 1. The fourth-order valence-corrected chi connectivity index (χ4v) is 2.43. The quantitative estimate of drug-likeness (QED) is 0.625. The SMILES string of the molecule is CCCN(CC)CC(CC)OC1=CCC(Br)C=C1. The average Bonchev–Trinajstić information content (AvgIpc) is 2.39. The summed E-state index contributed by atoms with van der Waals surface area (Å²) in [4.78, 5) is 2.94. The minimum absolute atomic E-state index is 0.305. The van der Waals surface area contributed by atoms with E-state index in [1.165, 1.54) is 6.42 Å². The summed E-state index contributed by atoms with van der Waals surface area (Å²) >= 11 is 3.58. The Morgan fingerprint density at radius 2 is 2.22 bits per heavy atom. The van der Waals surface area contributed by atoms with Gasteiger partial charge in [-0.3, -0.25) is 4.90 Å². The van der Waals surface area contributed by atoms with Crippen LogP contribution in [0.15, 0.2) is 24.0 Å². The van der Waals surface area contributed by atoms with Crippen LogP contribution in [0.2, 0.25) is 0 Å². The molecule has 2 atom stereocenters. The van der Waals surface area contributed by atoms with E-state index in [0.717, 1.165) is 38.2 Å². The molecular formula is C15H26BrNO. The Morgan fingerprint density at radius 1 is 1.44 bits per heavy atom. The Kier molecular flexibility index (Phi) is 7.68. The van der Waals surface area contributed by atoms with Crippen molar-refractivity contribution in [1.82, 2.24) is 4.90 Å². The van der Waals surface area contributed by atoms with Gasteiger partial charge in [-0.1, -0.05) is 42.8 Å². The normalized spacial score (nSPS) is 20.9. The van der Waals surface area contributed by atoms with Crippen LogP contribution in [0.3, 0.4) is 0 Å². The largest absolute Gasteiger partial charge is 0.489 e. The third-order valence-electron chi connectivity index (χ3n) is 3.22. The number of hydrogen-bond donors (Lipinski definition) is 0. The second kappa shape index (κ2) is 8.76. The van der Waals surface area contributed by atoms with Crippen LogP contribution in [0.4, 0.5) is 0 Å². The molecule has 0 heterocycles. The molecule has 2 unspecified atom stereocenters. The highest BCUT2D eigenvalue weighted by atomic mass is 79.9. The van der Waals surface area contributed by atoms with Gasteiger partial charge in [0.25, 0.3) is 0 Å². The Morgan fingerprint density at radius 3 is 2.72 bits per heavy atom. The zero-order chi connectivity index (χ0) is 13.4. The van der Waals surface area contributed by atoms with Crippen LogP contribution in [0.25, 0.3) is 0 Å². The van der Waals surface area contributed by atoms with E-state index in [0.29, 0.717) is 10.9 Å². The van der Waals surface area contributed by atoms with Gasteiger partial charge in [0.05, 0.1) is 0 Å². The summed E-state index contributed by atoms with van der Waals surface area (Å²) in [7, 11) is 0. The maximum Gasteiger partial charge on any atom is 0.115 e. The van der Waals surface area contributed by atoms with Crippen LogP contribution in [0.1, 0.15) is 40.0 Å². The van der Waals surface area contributed by atoms with Gasteiger partial charge in [0.1, 0.15) is 11.9 Å². The molecule has 0 aromatic carbocycles. The molecule has 3 heteroatoms. The molecule has 18 heavy (non-hydrogen) atoms. The number of nitrogens with zero attached hydrogens (tertiary/aromatic N) is 1. The molecule has 0 fully saturated rings. The zero-order valence-corrected chi connectivity index (χ0v) is 13.4. The van der Waals surface area contributed by atoms with Crippen molar-refractivity contribution in [3.8, 4) is 0 Å². The number of allylic oxidation sites excluding steroid dienone is 3. The molecular weight excluding hydrogens is 290 g/mol. The van der Waals surface area contributed by atoms with Crippen molar-refractivity contribution in [3.63, 3.8) is 0 Å². The van der Waals surface area contributed by atoms with Crippen LogP contribution in [-0.4, -0.2) is 35.5 Å². The fourth-order valence-electron chi connectivity index (χ4n) is 2.09. The molecule has 0 radical (unpaired) electrons. The van der Waals surface area contributed by atoms with Gasteiger partial charge in [0.15, 0.2) is 0 Å². The van der Waals surface area contributed by atoms with Gasteiger partial charge in [-0.2, -0.15) is 0 Å². The van der Waals surface area contributed by atoms with Gasteiger partial charge in [0, 0.05) is 11.4 Å². The highest BCUT2D eigenvalue weighted by Gasteiger charge is 2.14. The minimum atomic E-state index is 0.305. The third-order valence-corrected chi connectivity index (χ3v) is 3.90. The fraction of sp³-hybridized carbons (Fsp3) is 0.733. The van der Waals surface area contributed by atoms with Crippen LogP contribution in [0.5, 0.6) is 0 Å². The summed E-state index contributed by atoms with van der Waals surface area (Å²) in [5, 5.41) is 0. The van der Waals surface area contributed by atoms with E-state index in [-0.39, 0.29) is 0 Å². The van der Waals surface area contributed by atoms with Gasteiger partial charge < -0.3 is 4.74 Å². The van der Waals surface area contributed by atoms with Crippen molar-refractivity contribution in [2.75, 3.05) is 19.6 Å². The topological polar surface area (TPSA) is 12.5 Å². The number of likely N-dealkylation sites (N-methyl/N-ethyl adjacent to an activating group) is 1. The predicted molar refractivity (Wildman–Crippen MR) is 82.1 cm³/mol. The molecule has 0 saturated carbocycles. The Balaban J connectivity index is 2.44. The molecule has 1 aliphatic carbocycles. The van der Waals surface area contributed by atoms with E-state index in [1.54, 1.807) is 0 Å². The first-order valence-electron chi connectivity index (χ1n) is 7.11. The lowest BCUT2D eigenvalue weighted by Gasteiger charge is -2.27. The van der Waals surface area contributed by atoms with Crippen molar-refractivity contribution in [3.05, 3.63) is 24.0 Å². The second-order valence-electron chi connectivity index (χ2n) is 4.76. The molecule has 0 saturated heterocycles. The summed E-state index contributed by atoms with van der Waals surface area (Å²) in [6.07, 6.45) is 10.0. The minimum Gasteiger partial charge on any atom is -0.489 e.